The van der Waals surface area contributed by atoms with Crippen LogP contribution in [0, 0.1) is 11.8 Å². The Bertz CT molecular complexity index is 1500. The lowest BCUT2D eigenvalue weighted by atomic mass is 9.81. The molecule has 11 heteroatoms. The van der Waals surface area contributed by atoms with Crippen molar-refractivity contribution < 1.29 is 31.9 Å². The maximum Gasteiger partial charge on any atom is 0.391 e. The van der Waals surface area contributed by atoms with Gasteiger partial charge in [-0.3, -0.25) is 14.7 Å². The molecule has 41 heavy (non-hydrogen) atoms. The maximum atomic E-state index is 13.7. The minimum Gasteiger partial charge on any atom is -0.462 e. The van der Waals surface area contributed by atoms with E-state index in [9.17, 15) is 22.8 Å². The molecule has 3 aromatic heterocycles. The Morgan fingerprint density at radius 2 is 1.83 bits per heavy atom. The number of esters is 1. The van der Waals surface area contributed by atoms with E-state index in [1.165, 1.54) is 15.8 Å². The van der Waals surface area contributed by atoms with Crippen molar-refractivity contribution in [2.75, 3.05) is 11.5 Å². The Balaban J connectivity index is 1.45. The minimum absolute atomic E-state index is 0.0986. The number of rotatable bonds is 7. The van der Waals surface area contributed by atoms with E-state index in [-0.39, 0.29) is 49.6 Å². The van der Waals surface area contributed by atoms with Crippen molar-refractivity contribution >= 4 is 28.8 Å². The van der Waals surface area contributed by atoms with Gasteiger partial charge in [-0.1, -0.05) is 0 Å². The summed E-state index contributed by atoms with van der Waals surface area (Å²) in [5.41, 5.74) is 2.96. The van der Waals surface area contributed by atoms with Crippen molar-refractivity contribution in [3.8, 4) is 17.0 Å². The van der Waals surface area contributed by atoms with Gasteiger partial charge in [0.1, 0.15) is 16.8 Å². The summed E-state index contributed by atoms with van der Waals surface area (Å²) in [5.74, 6) is -2.20. The second-order valence-electron chi connectivity index (χ2n) is 10.5. The SMILES string of the molecule is CCOC(=O)c1cn(-c2ccc(-c3cc4ncccc4o3)cc2)nc1N(C(=O)C1CCC(C(F)(F)F)CC1)C(C)C. The molecule has 0 aliphatic heterocycles. The molecule has 0 radical (unpaired) electrons. The number of nitrogens with zero attached hydrogens (tertiary/aromatic N) is 4. The molecule has 0 spiro atoms. The lowest BCUT2D eigenvalue weighted by molar-refractivity contribution is -0.184. The van der Waals surface area contributed by atoms with Gasteiger partial charge in [-0.05, 0) is 82.9 Å². The number of anilines is 1. The summed E-state index contributed by atoms with van der Waals surface area (Å²) in [5, 5.41) is 4.62. The highest BCUT2D eigenvalue weighted by Gasteiger charge is 2.44. The number of alkyl halides is 3. The maximum absolute atomic E-state index is 13.7. The van der Waals surface area contributed by atoms with Gasteiger partial charge in [-0.25, -0.2) is 9.48 Å². The summed E-state index contributed by atoms with van der Waals surface area (Å²) in [6, 6.07) is 12.4. The average molecular weight is 569 g/mol. The second-order valence-corrected chi connectivity index (χ2v) is 10.5. The zero-order valence-electron chi connectivity index (χ0n) is 23.0. The van der Waals surface area contributed by atoms with Crippen LogP contribution < -0.4 is 4.90 Å². The van der Waals surface area contributed by atoms with Gasteiger partial charge in [0, 0.05) is 36.0 Å². The average Bonchev–Trinajstić information content (AvgIpc) is 3.58. The molecule has 0 atom stereocenters. The molecule has 0 unspecified atom stereocenters. The molecule has 1 aromatic carbocycles. The molecule has 1 fully saturated rings. The van der Waals surface area contributed by atoms with Crippen LogP contribution in [0.15, 0.2) is 59.3 Å². The highest BCUT2D eigenvalue weighted by molar-refractivity contribution is 6.02. The first-order valence-electron chi connectivity index (χ1n) is 13.7. The Morgan fingerprint density at radius 1 is 1.12 bits per heavy atom. The van der Waals surface area contributed by atoms with Gasteiger partial charge in [-0.2, -0.15) is 13.2 Å². The van der Waals surface area contributed by atoms with Crippen LogP contribution in [-0.4, -0.2) is 45.5 Å². The lowest BCUT2D eigenvalue weighted by Crippen LogP contribution is -2.44. The van der Waals surface area contributed by atoms with Gasteiger partial charge in [0.15, 0.2) is 11.4 Å². The Kier molecular flexibility index (Phi) is 7.88. The van der Waals surface area contributed by atoms with Crippen molar-refractivity contribution in [1.29, 1.82) is 0 Å². The van der Waals surface area contributed by atoms with E-state index in [1.54, 1.807) is 33.0 Å². The van der Waals surface area contributed by atoms with Crippen molar-refractivity contribution in [3.05, 3.63) is 60.4 Å². The van der Waals surface area contributed by atoms with Crippen LogP contribution in [0.3, 0.4) is 0 Å². The van der Waals surface area contributed by atoms with E-state index in [4.69, 9.17) is 9.15 Å². The number of carbonyl (C=O) groups is 2. The highest BCUT2D eigenvalue weighted by atomic mass is 19.4. The van der Waals surface area contributed by atoms with Crippen molar-refractivity contribution in [3.63, 3.8) is 0 Å². The van der Waals surface area contributed by atoms with Crippen LogP contribution in [0.25, 0.3) is 28.1 Å². The number of hydrogen-bond donors (Lipinski definition) is 0. The predicted molar refractivity (Wildman–Crippen MR) is 147 cm³/mol. The highest BCUT2D eigenvalue weighted by Crippen LogP contribution is 2.41. The molecule has 5 rings (SSSR count). The molecular weight excluding hydrogens is 537 g/mol. The molecule has 4 aromatic rings. The number of hydrogen-bond acceptors (Lipinski definition) is 6. The third-order valence-corrected chi connectivity index (χ3v) is 7.42. The molecule has 0 N–H and O–H groups in total. The summed E-state index contributed by atoms with van der Waals surface area (Å²) in [6.45, 7) is 5.37. The standard InChI is InChI=1S/C30H31F3N4O4/c1-4-40-29(39)23-17-36(22-13-9-19(10-14-22)26-16-24-25(41-26)6-5-15-34-24)35-27(23)37(18(2)3)28(38)20-7-11-21(12-8-20)30(31,32)33/h5-6,9-10,13-18,20-21H,4,7-8,11-12H2,1-3H3. The van der Waals surface area contributed by atoms with Crippen LogP contribution in [0.5, 0.6) is 0 Å². The zero-order chi connectivity index (χ0) is 29.3. The second kappa shape index (κ2) is 11.4. The van der Waals surface area contributed by atoms with Gasteiger partial charge in [0.05, 0.1) is 18.2 Å². The number of carbonyl (C=O) groups excluding carboxylic acids is 2. The van der Waals surface area contributed by atoms with E-state index in [2.05, 4.69) is 10.1 Å². The molecular formula is C30H31F3N4O4. The number of amides is 1. The van der Waals surface area contributed by atoms with Gasteiger partial charge in [-0.15, -0.1) is 5.10 Å². The number of benzene rings is 1. The molecule has 1 amide bonds. The number of fused-ring (bicyclic) bond motifs is 1. The normalized spacial score (nSPS) is 17.6. The summed E-state index contributed by atoms with van der Waals surface area (Å²) >= 11 is 0. The van der Waals surface area contributed by atoms with Crippen LogP contribution in [0.4, 0.5) is 19.0 Å². The van der Waals surface area contributed by atoms with Gasteiger partial charge < -0.3 is 9.15 Å². The molecule has 216 valence electrons. The fourth-order valence-electron chi connectivity index (χ4n) is 5.29. The van der Waals surface area contributed by atoms with E-state index in [1.807, 2.05) is 36.4 Å². The summed E-state index contributed by atoms with van der Waals surface area (Å²) in [4.78, 5) is 32.3. The van der Waals surface area contributed by atoms with Crippen LogP contribution in [0.1, 0.15) is 56.8 Å². The number of halogens is 3. The predicted octanol–water partition coefficient (Wildman–Crippen LogP) is 6.97. The number of furan rings is 1. The Hall–Kier alpha value is -4.15. The molecule has 8 nitrogen and oxygen atoms in total. The Morgan fingerprint density at radius 3 is 2.44 bits per heavy atom. The zero-order valence-corrected chi connectivity index (χ0v) is 23.0. The summed E-state index contributed by atoms with van der Waals surface area (Å²) in [7, 11) is 0. The first-order valence-corrected chi connectivity index (χ1v) is 13.7. The molecule has 1 aliphatic rings. The number of aromatic nitrogens is 3. The van der Waals surface area contributed by atoms with Crippen molar-refractivity contribution in [2.45, 2.75) is 58.7 Å². The monoisotopic (exact) mass is 568 g/mol. The summed E-state index contributed by atoms with van der Waals surface area (Å²) in [6.07, 6.45) is -1.01. The van der Waals surface area contributed by atoms with E-state index < -0.39 is 30.0 Å². The Labute approximate surface area is 235 Å². The van der Waals surface area contributed by atoms with Crippen LogP contribution in [0.2, 0.25) is 0 Å². The first-order chi connectivity index (χ1) is 19.6. The molecule has 0 saturated heterocycles. The van der Waals surface area contributed by atoms with Crippen molar-refractivity contribution in [2.24, 2.45) is 11.8 Å². The topological polar surface area (TPSA) is 90.5 Å². The third kappa shape index (κ3) is 5.84. The van der Waals surface area contributed by atoms with E-state index in [0.29, 0.717) is 17.0 Å². The van der Waals surface area contributed by atoms with E-state index in [0.717, 1.165) is 11.1 Å². The molecule has 1 saturated carbocycles. The van der Waals surface area contributed by atoms with E-state index >= 15 is 0 Å². The molecule has 3 heterocycles. The van der Waals surface area contributed by atoms with Gasteiger partial charge in [0.2, 0.25) is 5.91 Å². The van der Waals surface area contributed by atoms with Crippen LogP contribution >= 0.6 is 0 Å². The fourth-order valence-corrected chi connectivity index (χ4v) is 5.29. The lowest BCUT2D eigenvalue weighted by Gasteiger charge is -2.34. The summed E-state index contributed by atoms with van der Waals surface area (Å²) < 4.78 is 52.3. The molecule has 0 bridgehead atoms. The molecule has 1 aliphatic carbocycles. The van der Waals surface area contributed by atoms with Crippen LogP contribution in [-0.2, 0) is 9.53 Å². The fraction of sp³-hybridized carbons (Fsp3) is 0.400. The number of pyridine rings is 1. The van der Waals surface area contributed by atoms with Gasteiger partial charge in [0.25, 0.3) is 0 Å². The minimum atomic E-state index is -4.27. The smallest absolute Gasteiger partial charge is 0.391 e. The third-order valence-electron chi connectivity index (χ3n) is 7.42. The quantitative estimate of drug-likeness (QED) is 0.224. The van der Waals surface area contributed by atoms with Crippen molar-refractivity contribution in [1.82, 2.24) is 14.8 Å². The largest absolute Gasteiger partial charge is 0.462 e. The van der Waals surface area contributed by atoms with Gasteiger partial charge >= 0.3 is 12.1 Å². The number of ether oxygens (including phenoxy) is 1. The first kappa shape index (κ1) is 28.4.